The minimum absolute atomic E-state index is 0. The highest BCUT2D eigenvalue weighted by Gasteiger charge is 2.38. The third-order valence-corrected chi connectivity index (χ3v) is 5.59. The van der Waals surface area contributed by atoms with Crippen molar-refractivity contribution in [1.82, 2.24) is 4.90 Å². The fourth-order valence-electron chi connectivity index (χ4n) is 4.16. The van der Waals surface area contributed by atoms with Crippen molar-refractivity contribution in [1.29, 1.82) is 0 Å². The highest BCUT2D eigenvalue weighted by atomic mass is 35.5. The quantitative estimate of drug-likeness (QED) is 0.839. The van der Waals surface area contributed by atoms with Gasteiger partial charge in [-0.25, -0.2) is 0 Å². The number of halogens is 1. The number of nitrogens with two attached hydrogens (primary N) is 1. The topological polar surface area (TPSA) is 55.6 Å². The number of amides is 1. The van der Waals surface area contributed by atoms with Gasteiger partial charge in [0.15, 0.2) is 0 Å². The summed E-state index contributed by atoms with van der Waals surface area (Å²) in [6, 6.07) is 10.4. The minimum Gasteiger partial charge on any atom is -0.365 e. The molecule has 1 saturated heterocycles. The molecule has 2 fully saturated rings. The van der Waals surface area contributed by atoms with Crippen molar-refractivity contribution >= 4 is 18.3 Å². The number of rotatable bonds is 6. The summed E-state index contributed by atoms with van der Waals surface area (Å²) in [5.41, 5.74) is 7.28. The summed E-state index contributed by atoms with van der Waals surface area (Å²) in [5, 5.41) is 0. The summed E-state index contributed by atoms with van der Waals surface area (Å²) in [6.07, 6.45) is 5.38. The van der Waals surface area contributed by atoms with E-state index in [2.05, 4.69) is 24.3 Å². The number of benzene rings is 1. The van der Waals surface area contributed by atoms with Gasteiger partial charge in [-0.15, -0.1) is 12.4 Å². The summed E-state index contributed by atoms with van der Waals surface area (Å²) >= 11 is 0. The second-order valence-electron chi connectivity index (χ2n) is 7.20. The van der Waals surface area contributed by atoms with E-state index < -0.39 is 0 Å². The van der Waals surface area contributed by atoms with Crippen molar-refractivity contribution in [2.75, 3.05) is 19.6 Å². The molecule has 2 N–H and O–H groups in total. The highest BCUT2D eigenvalue weighted by molar-refractivity contribution is 5.85. The van der Waals surface area contributed by atoms with Crippen LogP contribution in [-0.4, -0.2) is 42.6 Å². The first-order chi connectivity index (χ1) is 11.7. The predicted molar refractivity (Wildman–Crippen MR) is 103 cm³/mol. The maximum Gasteiger partial charge on any atom is 0.251 e. The van der Waals surface area contributed by atoms with Gasteiger partial charge in [-0.05, 0) is 37.3 Å². The second kappa shape index (κ2) is 9.56. The lowest BCUT2D eigenvalue weighted by Crippen LogP contribution is -2.40. The zero-order chi connectivity index (χ0) is 16.9. The van der Waals surface area contributed by atoms with Crippen LogP contribution in [0.25, 0.3) is 0 Å². The fourth-order valence-corrected chi connectivity index (χ4v) is 4.16. The smallest absolute Gasteiger partial charge is 0.251 e. The fraction of sp³-hybridized carbons (Fsp3) is 0.650. The van der Waals surface area contributed by atoms with Crippen molar-refractivity contribution < 1.29 is 9.53 Å². The van der Waals surface area contributed by atoms with Crippen LogP contribution in [0.4, 0.5) is 0 Å². The molecule has 1 aliphatic carbocycles. The number of nitrogens with zero attached hydrogens (tertiary/aromatic N) is 1. The molecular weight excluding hydrogens is 336 g/mol. The Hall–Kier alpha value is -1.10. The molecule has 0 bridgehead atoms. The molecule has 5 heteroatoms. The van der Waals surface area contributed by atoms with Crippen LogP contribution in [0, 0.1) is 5.92 Å². The molecule has 1 saturated carbocycles. The Labute approximate surface area is 157 Å². The van der Waals surface area contributed by atoms with Crippen molar-refractivity contribution in [2.45, 2.75) is 57.2 Å². The molecule has 1 aliphatic heterocycles. The Morgan fingerprint density at radius 3 is 2.52 bits per heavy atom. The molecule has 1 heterocycles. The van der Waals surface area contributed by atoms with Gasteiger partial charge in [-0.3, -0.25) is 4.79 Å². The van der Waals surface area contributed by atoms with Gasteiger partial charge < -0.3 is 15.4 Å². The van der Waals surface area contributed by atoms with Crippen LogP contribution >= 0.6 is 12.4 Å². The van der Waals surface area contributed by atoms with Crippen molar-refractivity contribution in [3.8, 4) is 0 Å². The molecule has 3 rings (SSSR count). The van der Waals surface area contributed by atoms with Gasteiger partial charge in [-0.1, -0.05) is 50.1 Å². The first kappa shape index (κ1) is 20.2. The van der Waals surface area contributed by atoms with Gasteiger partial charge >= 0.3 is 0 Å². The highest BCUT2D eigenvalue weighted by Crippen LogP contribution is 2.33. The lowest BCUT2D eigenvalue weighted by Gasteiger charge is -2.25. The van der Waals surface area contributed by atoms with E-state index >= 15 is 0 Å². The predicted octanol–water partition coefficient (Wildman–Crippen LogP) is 3.35. The van der Waals surface area contributed by atoms with E-state index in [9.17, 15) is 4.79 Å². The third-order valence-electron chi connectivity index (χ3n) is 5.59. The molecule has 140 valence electrons. The van der Waals surface area contributed by atoms with E-state index in [4.69, 9.17) is 10.5 Å². The van der Waals surface area contributed by atoms with Crippen LogP contribution < -0.4 is 5.73 Å². The third kappa shape index (κ3) is 4.75. The Balaban J connectivity index is 0.00000225. The van der Waals surface area contributed by atoms with Gasteiger partial charge in [-0.2, -0.15) is 0 Å². The zero-order valence-electron chi connectivity index (χ0n) is 15.1. The van der Waals surface area contributed by atoms with Crippen LogP contribution in [0.5, 0.6) is 0 Å². The Bertz CT molecular complexity index is 534. The van der Waals surface area contributed by atoms with Crippen LogP contribution in [0.3, 0.4) is 0 Å². The van der Waals surface area contributed by atoms with Crippen LogP contribution in [-0.2, 0) is 9.53 Å². The maximum atomic E-state index is 13.0. The average Bonchev–Trinajstić information content (AvgIpc) is 3.29. The van der Waals surface area contributed by atoms with Crippen LogP contribution in [0.1, 0.15) is 50.5 Å². The van der Waals surface area contributed by atoms with Gasteiger partial charge in [0.05, 0.1) is 6.10 Å². The zero-order valence-corrected chi connectivity index (χ0v) is 15.9. The van der Waals surface area contributed by atoms with E-state index in [-0.39, 0.29) is 30.5 Å². The summed E-state index contributed by atoms with van der Waals surface area (Å²) in [6.45, 7) is 4.17. The second-order valence-corrected chi connectivity index (χ2v) is 7.20. The number of hydrogen-bond acceptors (Lipinski definition) is 3. The Morgan fingerprint density at radius 1 is 1.24 bits per heavy atom. The lowest BCUT2D eigenvalue weighted by atomic mass is 9.89. The Morgan fingerprint density at radius 2 is 1.92 bits per heavy atom. The first-order valence-electron chi connectivity index (χ1n) is 9.42. The van der Waals surface area contributed by atoms with E-state index in [0.29, 0.717) is 18.4 Å². The summed E-state index contributed by atoms with van der Waals surface area (Å²) in [5.74, 6) is 0.825. The monoisotopic (exact) mass is 366 g/mol. The standard InChI is InChI=1S/C20H30N2O2.ClH/c1-2-19(24-17-10-6-7-11-17)20(23)22-13-16(12-21)18(14-22)15-8-4-3-5-9-15;/h3-5,8-9,16-19H,2,6-7,10-14,21H2,1H3;1H/t16-,18+,19?;/m1./s1. The van der Waals surface area contributed by atoms with Crippen molar-refractivity contribution in [3.05, 3.63) is 35.9 Å². The van der Waals surface area contributed by atoms with E-state index in [1.165, 1.54) is 18.4 Å². The summed E-state index contributed by atoms with van der Waals surface area (Å²) in [7, 11) is 0. The van der Waals surface area contributed by atoms with E-state index in [1.54, 1.807) is 0 Å². The normalized spacial score (nSPS) is 25.0. The molecule has 3 atom stereocenters. The van der Waals surface area contributed by atoms with Gasteiger partial charge in [0, 0.05) is 19.0 Å². The number of carbonyl (C=O) groups is 1. The molecule has 2 aliphatic rings. The number of likely N-dealkylation sites (tertiary alicyclic amines) is 1. The number of ether oxygens (including phenoxy) is 1. The van der Waals surface area contributed by atoms with Gasteiger partial charge in [0.2, 0.25) is 0 Å². The van der Waals surface area contributed by atoms with Crippen molar-refractivity contribution in [2.24, 2.45) is 11.7 Å². The summed E-state index contributed by atoms with van der Waals surface area (Å²) in [4.78, 5) is 14.9. The molecule has 0 aromatic heterocycles. The average molecular weight is 367 g/mol. The SMILES string of the molecule is CCC(OC1CCCC1)C(=O)N1C[C@@H](CN)[C@H](c2ccccc2)C1.Cl. The molecule has 1 amide bonds. The van der Waals surface area contributed by atoms with E-state index in [0.717, 1.165) is 32.4 Å². The number of hydrogen-bond donors (Lipinski definition) is 1. The lowest BCUT2D eigenvalue weighted by molar-refractivity contribution is -0.146. The Kier molecular flexibility index (Phi) is 7.73. The molecular formula is C20H31ClN2O2. The van der Waals surface area contributed by atoms with Gasteiger partial charge in [0.25, 0.3) is 5.91 Å². The van der Waals surface area contributed by atoms with Crippen molar-refractivity contribution in [3.63, 3.8) is 0 Å². The molecule has 1 unspecified atom stereocenters. The molecule has 25 heavy (non-hydrogen) atoms. The molecule has 0 spiro atoms. The first-order valence-corrected chi connectivity index (χ1v) is 9.42. The van der Waals surface area contributed by atoms with Gasteiger partial charge in [0.1, 0.15) is 6.10 Å². The molecule has 1 aromatic rings. The largest absolute Gasteiger partial charge is 0.365 e. The van der Waals surface area contributed by atoms with E-state index in [1.807, 2.05) is 17.9 Å². The minimum atomic E-state index is -0.291. The van der Waals surface area contributed by atoms with Crippen LogP contribution in [0.2, 0.25) is 0 Å². The molecule has 0 radical (unpaired) electrons. The maximum absolute atomic E-state index is 13.0. The summed E-state index contributed by atoms with van der Waals surface area (Å²) < 4.78 is 6.12. The molecule has 1 aromatic carbocycles. The molecule has 4 nitrogen and oxygen atoms in total. The van der Waals surface area contributed by atoms with Crippen LogP contribution in [0.15, 0.2) is 30.3 Å². The number of carbonyl (C=O) groups excluding carboxylic acids is 1.